The number of carboxylic acids is 1. The number of para-hydroxylation sites is 1. The van der Waals surface area contributed by atoms with E-state index in [1.54, 1.807) is 4.68 Å². The second-order valence-electron chi connectivity index (χ2n) is 4.44. The second kappa shape index (κ2) is 7.19. The van der Waals surface area contributed by atoms with Gasteiger partial charge in [-0.3, -0.25) is 4.79 Å². The number of aliphatic hydroxyl groups excluding tert-OH is 1. The van der Waals surface area contributed by atoms with Crippen LogP contribution in [0.5, 0.6) is 0 Å². The third kappa shape index (κ3) is 4.02. The fourth-order valence-electron chi connectivity index (χ4n) is 1.86. The van der Waals surface area contributed by atoms with Gasteiger partial charge in [-0.05, 0) is 29.0 Å². The average molecular weight is 308 g/mol. The summed E-state index contributed by atoms with van der Waals surface area (Å²) in [4.78, 5) is 10.7. The Morgan fingerprint density at radius 3 is 2.71 bits per heavy atom. The molecule has 2 rings (SSSR count). The molecule has 2 aromatic rings. The van der Waals surface area contributed by atoms with E-state index in [1.807, 2.05) is 37.3 Å². The number of nitrogens with zero attached hydrogens (tertiary/aromatic N) is 4. The van der Waals surface area contributed by atoms with E-state index in [4.69, 9.17) is 5.11 Å². The van der Waals surface area contributed by atoms with Crippen LogP contribution < -0.4 is 0 Å². The van der Waals surface area contributed by atoms with Crippen LogP contribution in [0, 0.1) is 0 Å². The molecule has 21 heavy (non-hydrogen) atoms. The van der Waals surface area contributed by atoms with Crippen molar-refractivity contribution in [2.24, 2.45) is 0 Å². The molecule has 0 radical (unpaired) electrons. The number of hydrogen-bond acceptors (Lipinski definition) is 6. The van der Waals surface area contributed by atoms with E-state index in [-0.39, 0.29) is 11.7 Å². The molecule has 1 aromatic heterocycles. The largest absolute Gasteiger partial charge is 0.481 e. The van der Waals surface area contributed by atoms with Crippen molar-refractivity contribution in [1.82, 2.24) is 20.2 Å². The van der Waals surface area contributed by atoms with E-state index in [1.165, 1.54) is 11.8 Å². The van der Waals surface area contributed by atoms with Gasteiger partial charge >= 0.3 is 5.97 Å². The summed E-state index contributed by atoms with van der Waals surface area (Å²) in [6.07, 6.45) is -0.627. The maximum atomic E-state index is 10.7. The number of aliphatic carboxylic acids is 1. The van der Waals surface area contributed by atoms with Gasteiger partial charge in [0.1, 0.15) is 0 Å². The first-order valence-corrected chi connectivity index (χ1v) is 7.40. The first-order valence-electron chi connectivity index (χ1n) is 6.52. The molecular formula is C13H16N4O3S. The minimum absolute atomic E-state index is 0.283. The SMILES string of the molecule is CCC(Sc1nnnn1-c1ccccc1)C(O)CC(=O)O. The summed E-state index contributed by atoms with van der Waals surface area (Å²) in [6.45, 7) is 1.89. The molecule has 2 N–H and O–H groups in total. The third-order valence-corrected chi connectivity index (χ3v) is 4.33. The Hall–Kier alpha value is -1.93. The number of carbonyl (C=O) groups is 1. The summed E-state index contributed by atoms with van der Waals surface area (Å²) >= 11 is 1.28. The summed E-state index contributed by atoms with van der Waals surface area (Å²) in [6, 6.07) is 9.39. The number of rotatable bonds is 7. The fourth-order valence-corrected chi connectivity index (χ4v) is 2.88. The monoisotopic (exact) mass is 308 g/mol. The van der Waals surface area contributed by atoms with Crippen LogP contribution in [0.3, 0.4) is 0 Å². The topological polar surface area (TPSA) is 101 Å². The van der Waals surface area contributed by atoms with Gasteiger partial charge in [-0.2, -0.15) is 4.68 Å². The van der Waals surface area contributed by atoms with Crippen LogP contribution in [0.4, 0.5) is 0 Å². The highest BCUT2D eigenvalue weighted by molar-refractivity contribution is 7.99. The number of hydrogen-bond donors (Lipinski definition) is 2. The molecule has 2 atom stereocenters. The van der Waals surface area contributed by atoms with E-state index in [0.29, 0.717) is 11.6 Å². The highest BCUT2D eigenvalue weighted by Gasteiger charge is 2.24. The molecule has 0 saturated heterocycles. The number of aromatic nitrogens is 4. The zero-order valence-electron chi connectivity index (χ0n) is 11.5. The van der Waals surface area contributed by atoms with Crippen LogP contribution in [-0.4, -0.2) is 47.7 Å². The second-order valence-corrected chi connectivity index (χ2v) is 5.64. The van der Waals surface area contributed by atoms with Crippen LogP contribution in [-0.2, 0) is 4.79 Å². The van der Waals surface area contributed by atoms with Crippen LogP contribution in [0.2, 0.25) is 0 Å². The Labute approximate surface area is 126 Å². The van der Waals surface area contributed by atoms with Gasteiger partial charge < -0.3 is 10.2 Å². The van der Waals surface area contributed by atoms with Crippen molar-refractivity contribution >= 4 is 17.7 Å². The highest BCUT2D eigenvalue weighted by atomic mass is 32.2. The summed E-state index contributed by atoms with van der Waals surface area (Å²) in [5, 5.41) is 30.5. The standard InChI is InChI=1S/C13H16N4O3S/c1-2-11(10(18)8-12(19)20)21-13-14-15-16-17(13)9-6-4-3-5-7-9/h3-7,10-11,18H,2,8H2,1H3,(H,19,20). The van der Waals surface area contributed by atoms with Gasteiger partial charge in [-0.25, -0.2) is 0 Å². The van der Waals surface area contributed by atoms with Crippen molar-refractivity contribution in [2.75, 3.05) is 0 Å². The highest BCUT2D eigenvalue weighted by Crippen LogP contribution is 2.28. The summed E-state index contributed by atoms with van der Waals surface area (Å²) in [5.41, 5.74) is 0.813. The Morgan fingerprint density at radius 1 is 1.38 bits per heavy atom. The van der Waals surface area contributed by atoms with Crippen LogP contribution in [0.15, 0.2) is 35.5 Å². The first kappa shape index (κ1) is 15.5. The molecule has 112 valence electrons. The molecule has 1 aromatic carbocycles. The maximum absolute atomic E-state index is 10.7. The lowest BCUT2D eigenvalue weighted by Gasteiger charge is -2.18. The third-order valence-electron chi connectivity index (χ3n) is 2.91. The van der Waals surface area contributed by atoms with Gasteiger partial charge in [0.2, 0.25) is 5.16 Å². The summed E-state index contributed by atoms with van der Waals surface area (Å²) < 4.78 is 1.57. The maximum Gasteiger partial charge on any atom is 0.306 e. The van der Waals surface area contributed by atoms with E-state index in [9.17, 15) is 9.90 Å². The Bertz CT molecular complexity index is 590. The fraction of sp³-hybridized carbons (Fsp3) is 0.385. The molecule has 0 saturated carbocycles. The quantitative estimate of drug-likeness (QED) is 0.745. The smallest absolute Gasteiger partial charge is 0.306 e. The average Bonchev–Trinajstić information content (AvgIpc) is 2.93. The zero-order chi connectivity index (χ0) is 15.2. The van der Waals surface area contributed by atoms with Crippen LogP contribution >= 0.6 is 11.8 Å². The molecule has 1 heterocycles. The number of benzene rings is 1. The van der Waals surface area contributed by atoms with Crippen molar-refractivity contribution in [3.8, 4) is 5.69 Å². The lowest BCUT2D eigenvalue weighted by Crippen LogP contribution is -2.25. The van der Waals surface area contributed by atoms with E-state index in [0.717, 1.165) is 5.69 Å². The number of aliphatic hydroxyl groups is 1. The molecule has 0 aliphatic rings. The molecule has 0 aliphatic heterocycles. The molecule has 0 bridgehead atoms. The Kier molecular flexibility index (Phi) is 5.29. The van der Waals surface area contributed by atoms with Crippen molar-refractivity contribution in [3.05, 3.63) is 30.3 Å². The molecule has 7 nitrogen and oxygen atoms in total. The van der Waals surface area contributed by atoms with Gasteiger partial charge in [-0.15, -0.1) is 5.10 Å². The van der Waals surface area contributed by atoms with E-state index < -0.39 is 12.1 Å². The molecule has 0 aliphatic carbocycles. The number of tetrazole rings is 1. The van der Waals surface area contributed by atoms with Gasteiger partial charge in [0.25, 0.3) is 0 Å². The molecular weight excluding hydrogens is 292 g/mol. The lowest BCUT2D eigenvalue weighted by molar-refractivity contribution is -0.139. The molecule has 0 spiro atoms. The summed E-state index contributed by atoms with van der Waals surface area (Å²) in [7, 11) is 0. The van der Waals surface area contributed by atoms with Crippen molar-refractivity contribution in [3.63, 3.8) is 0 Å². The number of thioether (sulfide) groups is 1. The van der Waals surface area contributed by atoms with Crippen LogP contribution in [0.1, 0.15) is 19.8 Å². The zero-order valence-corrected chi connectivity index (χ0v) is 12.3. The lowest BCUT2D eigenvalue weighted by atomic mass is 10.1. The predicted molar refractivity (Wildman–Crippen MR) is 77.3 cm³/mol. The summed E-state index contributed by atoms with van der Waals surface area (Å²) in [5.74, 6) is -1.02. The minimum Gasteiger partial charge on any atom is -0.481 e. The van der Waals surface area contributed by atoms with Crippen LogP contribution in [0.25, 0.3) is 5.69 Å². The first-order chi connectivity index (χ1) is 10.1. The van der Waals surface area contributed by atoms with E-state index >= 15 is 0 Å². The van der Waals surface area contributed by atoms with Crippen molar-refractivity contribution < 1.29 is 15.0 Å². The Morgan fingerprint density at radius 2 is 2.10 bits per heavy atom. The number of carboxylic acid groups (broad SMARTS) is 1. The van der Waals surface area contributed by atoms with Gasteiger partial charge in [0.15, 0.2) is 0 Å². The van der Waals surface area contributed by atoms with E-state index in [2.05, 4.69) is 15.5 Å². The molecule has 2 unspecified atom stereocenters. The minimum atomic E-state index is -1.02. The Balaban J connectivity index is 2.16. The van der Waals surface area contributed by atoms with Gasteiger partial charge in [0.05, 0.1) is 18.2 Å². The predicted octanol–water partition coefficient (Wildman–Crippen LogP) is 1.37. The van der Waals surface area contributed by atoms with Crippen molar-refractivity contribution in [2.45, 2.75) is 36.3 Å². The molecule has 0 fully saturated rings. The molecule has 8 heteroatoms. The van der Waals surface area contributed by atoms with Crippen molar-refractivity contribution in [1.29, 1.82) is 0 Å². The molecule has 0 amide bonds. The van der Waals surface area contributed by atoms with Gasteiger partial charge in [0, 0.05) is 5.25 Å². The normalized spacial score (nSPS) is 13.8. The van der Waals surface area contributed by atoms with Gasteiger partial charge in [-0.1, -0.05) is 36.9 Å².